The number of ether oxygens (including phenoxy) is 2. The van der Waals surface area contributed by atoms with Crippen LogP contribution in [0.15, 0.2) is 18.2 Å². The molecule has 84 valence electrons. The summed E-state index contributed by atoms with van der Waals surface area (Å²) in [5, 5.41) is 15.5. The third-order valence-corrected chi connectivity index (χ3v) is 2.70. The SMILES string of the molecule is Cc1cc2c(cc1-c1cc(C#N)n[nH]1)OCO2. The molecule has 5 heteroatoms. The van der Waals surface area contributed by atoms with Crippen LogP contribution in [0.1, 0.15) is 11.3 Å². The highest BCUT2D eigenvalue weighted by Crippen LogP contribution is 2.37. The Morgan fingerprint density at radius 3 is 2.76 bits per heavy atom. The summed E-state index contributed by atoms with van der Waals surface area (Å²) in [6, 6.07) is 7.52. The summed E-state index contributed by atoms with van der Waals surface area (Å²) < 4.78 is 10.6. The molecule has 0 unspecified atom stereocenters. The zero-order valence-electron chi connectivity index (χ0n) is 9.15. The highest BCUT2D eigenvalue weighted by Gasteiger charge is 2.17. The molecule has 0 atom stereocenters. The van der Waals surface area contributed by atoms with E-state index in [-0.39, 0.29) is 6.79 Å². The predicted molar refractivity (Wildman–Crippen MR) is 59.6 cm³/mol. The van der Waals surface area contributed by atoms with Crippen LogP contribution in [-0.4, -0.2) is 17.0 Å². The van der Waals surface area contributed by atoms with E-state index < -0.39 is 0 Å². The Morgan fingerprint density at radius 1 is 1.29 bits per heavy atom. The summed E-state index contributed by atoms with van der Waals surface area (Å²) in [6.07, 6.45) is 0. The smallest absolute Gasteiger partial charge is 0.231 e. The average molecular weight is 227 g/mol. The van der Waals surface area contributed by atoms with Gasteiger partial charge in [0.2, 0.25) is 6.79 Å². The molecular weight excluding hydrogens is 218 g/mol. The van der Waals surface area contributed by atoms with Crippen molar-refractivity contribution in [2.24, 2.45) is 0 Å². The van der Waals surface area contributed by atoms with E-state index in [1.165, 1.54) is 0 Å². The number of nitrogens with zero attached hydrogens (tertiary/aromatic N) is 2. The number of hydrogen-bond acceptors (Lipinski definition) is 4. The lowest BCUT2D eigenvalue weighted by atomic mass is 10.0. The summed E-state index contributed by atoms with van der Waals surface area (Å²) in [4.78, 5) is 0. The van der Waals surface area contributed by atoms with Crippen molar-refractivity contribution in [1.82, 2.24) is 10.2 Å². The third kappa shape index (κ3) is 1.51. The molecule has 0 amide bonds. The van der Waals surface area contributed by atoms with Crippen molar-refractivity contribution in [2.45, 2.75) is 6.92 Å². The van der Waals surface area contributed by atoms with Gasteiger partial charge in [0.25, 0.3) is 0 Å². The Labute approximate surface area is 97.6 Å². The number of fused-ring (bicyclic) bond motifs is 1. The molecule has 5 nitrogen and oxygen atoms in total. The van der Waals surface area contributed by atoms with Crippen molar-refractivity contribution in [3.05, 3.63) is 29.5 Å². The van der Waals surface area contributed by atoms with Crippen molar-refractivity contribution < 1.29 is 9.47 Å². The molecule has 0 saturated carbocycles. The van der Waals surface area contributed by atoms with E-state index >= 15 is 0 Å². The average Bonchev–Trinajstić information content (AvgIpc) is 2.94. The van der Waals surface area contributed by atoms with Gasteiger partial charge in [-0.2, -0.15) is 10.4 Å². The number of H-pyrrole nitrogens is 1. The lowest BCUT2D eigenvalue weighted by Gasteiger charge is -2.04. The molecule has 0 saturated heterocycles. The number of hydrogen-bond donors (Lipinski definition) is 1. The number of nitrogens with one attached hydrogen (secondary N) is 1. The highest BCUT2D eigenvalue weighted by molar-refractivity contribution is 5.69. The lowest BCUT2D eigenvalue weighted by molar-refractivity contribution is 0.174. The van der Waals surface area contributed by atoms with Gasteiger partial charge in [0.05, 0.1) is 5.69 Å². The maximum atomic E-state index is 8.74. The van der Waals surface area contributed by atoms with Crippen LogP contribution in [0, 0.1) is 18.3 Å². The number of rotatable bonds is 1. The summed E-state index contributed by atoms with van der Waals surface area (Å²) in [5.41, 5.74) is 3.18. The first-order chi connectivity index (χ1) is 8.28. The Kier molecular flexibility index (Phi) is 2.02. The first-order valence-electron chi connectivity index (χ1n) is 5.14. The molecule has 1 aromatic heterocycles. The Bertz CT molecular complexity index is 625. The minimum atomic E-state index is 0.255. The molecule has 2 aromatic rings. The van der Waals surface area contributed by atoms with Crippen LogP contribution in [0.5, 0.6) is 11.5 Å². The monoisotopic (exact) mass is 227 g/mol. The van der Waals surface area contributed by atoms with Crippen molar-refractivity contribution in [1.29, 1.82) is 5.26 Å². The number of aromatic nitrogens is 2. The van der Waals surface area contributed by atoms with Gasteiger partial charge in [-0.25, -0.2) is 0 Å². The van der Waals surface area contributed by atoms with Gasteiger partial charge in [-0.3, -0.25) is 5.10 Å². The van der Waals surface area contributed by atoms with Crippen LogP contribution in [0.3, 0.4) is 0 Å². The van der Waals surface area contributed by atoms with Gasteiger partial charge in [-0.15, -0.1) is 0 Å². The fourth-order valence-corrected chi connectivity index (χ4v) is 1.85. The third-order valence-electron chi connectivity index (χ3n) is 2.70. The highest BCUT2D eigenvalue weighted by atomic mass is 16.7. The van der Waals surface area contributed by atoms with Crippen LogP contribution in [0.2, 0.25) is 0 Å². The number of aryl methyl sites for hydroxylation is 1. The van der Waals surface area contributed by atoms with Crippen molar-refractivity contribution in [2.75, 3.05) is 6.79 Å². The molecule has 0 aliphatic carbocycles. The summed E-state index contributed by atoms with van der Waals surface area (Å²) >= 11 is 0. The van der Waals surface area contributed by atoms with E-state index in [2.05, 4.69) is 10.2 Å². The van der Waals surface area contributed by atoms with Crippen LogP contribution in [-0.2, 0) is 0 Å². The van der Waals surface area contributed by atoms with Gasteiger partial charge in [0, 0.05) is 11.6 Å². The van der Waals surface area contributed by atoms with Gasteiger partial charge < -0.3 is 9.47 Å². The zero-order valence-corrected chi connectivity index (χ0v) is 9.15. The molecule has 2 heterocycles. The van der Waals surface area contributed by atoms with Gasteiger partial charge in [-0.1, -0.05) is 0 Å². The normalized spacial score (nSPS) is 12.5. The van der Waals surface area contributed by atoms with Crippen molar-refractivity contribution in [3.8, 4) is 28.8 Å². The minimum Gasteiger partial charge on any atom is -0.454 e. The standard InChI is InChI=1S/C12H9N3O2/c1-7-2-11-12(17-6-16-11)4-9(7)10-3-8(5-13)14-15-10/h2-4H,6H2,1H3,(H,14,15). The molecular formula is C12H9N3O2. The number of nitriles is 1. The second kappa shape index (κ2) is 3.52. The molecule has 17 heavy (non-hydrogen) atoms. The predicted octanol–water partition coefficient (Wildman–Crippen LogP) is 1.99. The maximum Gasteiger partial charge on any atom is 0.231 e. The van der Waals surface area contributed by atoms with Crippen LogP contribution < -0.4 is 9.47 Å². The fraction of sp³-hybridized carbons (Fsp3) is 0.167. The molecule has 1 aromatic carbocycles. The van der Waals surface area contributed by atoms with E-state index in [1.54, 1.807) is 6.07 Å². The van der Waals surface area contributed by atoms with Gasteiger partial charge in [0.1, 0.15) is 6.07 Å². The lowest BCUT2D eigenvalue weighted by Crippen LogP contribution is -1.92. The Hall–Kier alpha value is -2.48. The van der Waals surface area contributed by atoms with Crippen LogP contribution >= 0.6 is 0 Å². The van der Waals surface area contributed by atoms with E-state index in [0.29, 0.717) is 5.69 Å². The molecule has 0 spiro atoms. The molecule has 0 radical (unpaired) electrons. The maximum absolute atomic E-state index is 8.74. The molecule has 3 rings (SSSR count). The van der Waals surface area contributed by atoms with Crippen molar-refractivity contribution in [3.63, 3.8) is 0 Å². The second-order valence-corrected chi connectivity index (χ2v) is 3.80. The Balaban J connectivity index is 2.12. The topological polar surface area (TPSA) is 70.9 Å². The van der Waals surface area contributed by atoms with Crippen LogP contribution in [0.25, 0.3) is 11.3 Å². The molecule has 1 aliphatic heterocycles. The molecule has 0 fully saturated rings. The summed E-state index contributed by atoms with van der Waals surface area (Å²) in [7, 11) is 0. The van der Waals surface area contributed by atoms with E-state index in [9.17, 15) is 0 Å². The van der Waals surface area contributed by atoms with E-state index in [0.717, 1.165) is 28.3 Å². The summed E-state index contributed by atoms with van der Waals surface area (Å²) in [5.74, 6) is 1.48. The molecule has 1 aliphatic rings. The fourth-order valence-electron chi connectivity index (χ4n) is 1.85. The minimum absolute atomic E-state index is 0.255. The quantitative estimate of drug-likeness (QED) is 0.808. The zero-order chi connectivity index (χ0) is 11.8. The molecule has 0 bridgehead atoms. The van der Waals surface area contributed by atoms with E-state index in [1.807, 2.05) is 25.1 Å². The molecule has 1 N–H and O–H groups in total. The van der Waals surface area contributed by atoms with E-state index in [4.69, 9.17) is 14.7 Å². The number of aromatic amines is 1. The largest absolute Gasteiger partial charge is 0.454 e. The first kappa shape index (κ1) is 9.73. The second-order valence-electron chi connectivity index (χ2n) is 3.80. The number of benzene rings is 1. The summed E-state index contributed by atoms with van der Waals surface area (Å²) in [6.45, 7) is 2.23. The Morgan fingerprint density at radius 2 is 2.06 bits per heavy atom. The first-order valence-corrected chi connectivity index (χ1v) is 5.14. The van der Waals surface area contributed by atoms with Gasteiger partial charge in [-0.05, 0) is 24.6 Å². The van der Waals surface area contributed by atoms with Crippen LogP contribution in [0.4, 0.5) is 0 Å². The van der Waals surface area contributed by atoms with Gasteiger partial charge in [0.15, 0.2) is 17.2 Å². The van der Waals surface area contributed by atoms with Gasteiger partial charge >= 0.3 is 0 Å². The van der Waals surface area contributed by atoms with Crippen molar-refractivity contribution >= 4 is 0 Å².